The first-order chi connectivity index (χ1) is 8.16. The zero-order chi connectivity index (χ0) is 12.3. The van der Waals surface area contributed by atoms with E-state index in [0.717, 1.165) is 26.1 Å². The molecule has 0 N–H and O–H groups in total. The van der Waals surface area contributed by atoms with Gasteiger partial charge in [-0.2, -0.15) is 0 Å². The smallest absolute Gasteiger partial charge is 0.179 e. The first kappa shape index (κ1) is 13.3. The first-order valence-corrected chi connectivity index (χ1v) is 7.02. The molecule has 0 aliphatic carbocycles. The van der Waals surface area contributed by atoms with Crippen molar-refractivity contribution in [1.82, 2.24) is 4.90 Å². The molecule has 3 nitrogen and oxygen atoms in total. The number of ketones is 1. The molecule has 6 heteroatoms. The third kappa shape index (κ3) is 3.66. The van der Waals surface area contributed by atoms with Gasteiger partial charge in [0.25, 0.3) is 0 Å². The van der Waals surface area contributed by atoms with Crippen molar-refractivity contribution in [2.45, 2.75) is 6.42 Å². The van der Waals surface area contributed by atoms with Crippen molar-refractivity contribution in [3.8, 4) is 0 Å². The summed E-state index contributed by atoms with van der Waals surface area (Å²) < 4.78 is 6.37. The zero-order valence-corrected chi connectivity index (χ0v) is 11.6. The average Bonchev–Trinajstić information content (AvgIpc) is 2.51. The van der Waals surface area contributed by atoms with Crippen LogP contribution in [0.1, 0.15) is 16.8 Å². The molecule has 1 aliphatic heterocycles. The van der Waals surface area contributed by atoms with E-state index in [1.54, 1.807) is 6.07 Å². The fourth-order valence-electron chi connectivity index (χ4n) is 1.77. The van der Waals surface area contributed by atoms with Crippen LogP contribution in [0.3, 0.4) is 0 Å². The number of nitrogens with zero attached hydrogens (tertiary/aromatic N) is 1. The minimum absolute atomic E-state index is 0.0278. The standard InChI is InChI=1S/C11H13Cl2NO2S/c12-10-6-8(11(13)17-10)9(15)7-14-2-1-4-16-5-3-14/h6H,1-5,7H2. The van der Waals surface area contributed by atoms with Crippen molar-refractivity contribution in [3.05, 3.63) is 20.3 Å². The molecular formula is C11H13Cl2NO2S. The maximum atomic E-state index is 12.0. The molecular weight excluding hydrogens is 281 g/mol. The summed E-state index contributed by atoms with van der Waals surface area (Å²) in [6.45, 7) is 3.53. The van der Waals surface area contributed by atoms with E-state index in [1.165, 1.54) is 11.3 Å². The predicted molar refractivity (Wildman–Crippen MR) is 70.5 cm³/mol. The quantitative estimate of drug-likeness (QED) is 0.803. The Morgan fingerprint density at radius 2 is 2.24 bits per heavy atom. The minimum Gasteiger partial charge on any atom is -0.380 e. The van der Waals surface area contributed by atoms with Gasteiger partial charge in [0, 0.05) is 19.7 Å². The normalized spacial score (nSPS) is 18.0. The van der Waals surface area contributed by atoms with Crippen LogP contribution in [-0.4, -0.2) is 43.5 Å². The van der Waals surface area contributed by atoms with E-state index in [1.807, 2.05) is 0 Å². The fraction of sp³-hybridized carbons (Fsp3) is 0.545. The topological polar surface area (TPSA) is 29.5 Å². The van der Waals surface area contributed by atoms with Crippen LogP contribution in [0.5, 0.6) is 0 Å². The largest absolute Gasteiger partial charge is 0.380 e. The molecule has 17 heavy (non-hydrogen) atoms. The van der Waals surface area contributed by atoms with Crippen molar-refractivity contribution in [3.63, 3.8) is 0 Å². The molecule has 1 saturated heterocycles. The molecule has 0 amide bonds. The molecule has 1 fully saturated rings. The Bertz CT molecular complexity index is 400. The van der Waals surface area contributed by atoms with Crippen LogP contribution in [0.2, 0.25) is 8.67 Å². The summed E-state index contributed by atoms with van der Waals surface area (Å²) in [6, 6.07) is 1.64. The van der Waals surface area contributed by atoms with Crippen LogP contribution in [0.4, 0.5) is 0 Å². The molecule has 1 aliphatic rings. The van der Waals surface area contributed by atoms with Gasteiger partial charge < -0.3 is 4.74 Å². The van der Waals surface area contributed by atoms with Crippen LogP contribution in [-0.2, 0) is 4.74 Å². The van der Waals surface area contributed by atoms with Crippen molar-refractivity contribution in [2.24, 2.45) is 0 Å². The van der Waals surface area contributed by atoms with E-state index >= 15 is 0 Å². The number of halogens is 2. The van der Waals surface area contributed by atoms with E-state index in [9.17, 15) is 4.79 Å². The average molecular weight is 294 g/mol. The number of thiophene rings is 1. The minimum atomic E-state index is 0.0278. The van der Waals surface area contributed by atoms with Gasteiger partial charge in [-0.05, 0) is 12.5 Å². The number of carbonyl (C=O) groups excluding carboxylic acids is 1. The monoisotopic (exact) mass is 293 g/mol. The van der Waals surface area contributed by atoms with Crippen molar-refractivity contribution in [1.29, 1.82) is 0 Å². The molecule has 0 spiro atoms. The summed E-state index contributed by atoms with van der Waals surface area (Å²) in [7, 11) is 0. The highest BCUT2D eigenvalue weighted by Gasteiger charge is 2.18. The van der Waals surface area contributed by atoms with Crippen LogP contribution in [0.15, 0.2) is 6.07 Å². The van der Waals surface area contributed by atoms with Gasteiger partial charge in [-0.15, -0.1) is 11.3 Å². The van der Waals surface area contributed by atoms with E-state index < -0.39 is 0 Å². The van der Waals surface area contributed by atoms with Gasteiger partial charge in [0.05, 0.1) is 23.1 Å². The lowest BCUT2D eigenvalue weighted by molar-refractivity contribution is 0.0923. The zero-order valence-electron chi connectivity index (χ0n) is 9.25. The highest BCUT2D eigenvalue weighted by molar-refractivity contribution is 7.20. The van der Waals surface area contributed by atoms with Gasteiger partial charge in [0.2, 0.25) is 0 Å². The fourth-order valence-corrected chi connectivity index (χ4v) is 3.27. The molecule has 0 aromatic carbocycles. The summed E-state index contributed by atoms with van der Waals surface area (Å²) in [5.74, 6) is 0.0278. The van der Waals surface area contributed by atoms with E-state index in [-0.39, 0.29) is 5.78 Å². The molecule has 1 aromatic heterocycles. The summed E-state index contributed by atoms with van der Waals surface area (Å²) >= 11 is 13.0. The molecule has 1 aromatic rings. The second kappa shape index (κ2) is 6.16. The summed E-state index contributed by atoms with van der Waals surface area (Å²) in [4.78, 5) is 14.1. The van der Waals surface area contributed by atoms with Crippen molar-refractivity contribution in [2.75, 3.05) is 32.8 Å². The Hall–Kier alpha value is -0.130. The van der Waals surface area contributed by atoms with Crippen LogP contribution >= 0.6 is 34.5 Å². The number of Topliss-reactive ketones (excluding diaryl/α,β-unsaturated/α-hetero) is 1. The highest BCUT2D eigenvalue weighted by Crippen LogP contribution is 2.31. The maximum Gasteiger partial charge on any atom is 0.179 e. The molecule has 0 radical (unpaired) electrons. The first-order valence-electron chi connectivity index (χ1n) is 5.45. The Labute approximate surface area is 114 Å². The lowest BCUT2D eigenvalue weighted by Gasteiger charge is -2.17. The van der Waals surface area contributed by atoms with Crippen LogP contribution in [0.25, 0.3) is 0 Å². The number of hydrogen-bond acceptors (Lipinski definition) is 4. The predicted octanol–water partition coefficient (Wildman–Crippen LogP) is 2.96. The molecule has 94 valence electrons. The second-order valence-corrected chi connectivity index (χ2v) is 6.19. The Kier molecular flexibility index (Phi) is 4.82. The number of rotatable bonds is 3. The van der Waals surface area contributed by atoms with Gasteiger partial charge in [-0.1, -0.05) is 23.2 Å². The molecule has 2 heterocycles. The van der Waals surface area contributed by atoms with Crippen LogP contribution < -0.4 is 0 Å². The van der Waals surface area contributed by atoms with E-state index in [4.69, 9.17) is 27.9 Å². The second-order valence-electron chi connectivity index (χ2n) is 3.90. The number of carbonyl (C=O) groups is 1. The van der Waals surface area contributed by atoms with Gasteiger partial charge >= 0.3 is 0 Å². The molecule has 0 saturated carbocycles. The van der Waals surface area contributed by atoms with E-state index in [2.05, 4.69) is 4.90 Å². The number of ether oxygens (including phenoxy) is 1. The van der Waals surface area contributed by atoms with Gasteiger partial charge in [0.15, 0.2) is 5.78 Å². The lowest BCUT2D eigenvalue weighted by Crippen LogP contribution is -2.32. The van der Waals surface area contributed by atoms with Crippen molar-refractivity contribution >= 4 is 40.3 Å². The maximum absolute atomic E-state index is 12.0. The van der Waals surface area contributed by atoms with Gasteiger partial charge in [0.1, 0.15) is 4.34 Å². The van der Waals surface area contributed by atoms with E-state index in [0.29, 0.717) is 27.4 Å². The van der Waals surface area contributed by atoms with Gasteiger partial charge in [-0.3, -0.25) is 9.69 Å². The Balaban J connectivity index is 1.98. The molecule has 0 unspecified atom stereocenters. The lowest BCUT2D eigenvalue weighted by atomic mass is 10.2. The summed E-state index contributed by atoms with van der Waals surface area (Å²) in [5.41, 5.74) is 0.534. The summed E-state index contributed by atoms with van der Waals surface area (Å²) in [6.07, 6.45) is 0.964. The molecule has 0 bridgehead atoms. The van der Waals surface area contributed by atoms with Crippen LogP contribution in [0, 0.1) is 0 Å². The molecule has 0 atom stereocenters. The third-order valence-corrected chi connectivity index (χ3v) is 4.13. The highest BCUT2D eigenvalue weighted by atomic mass is 35.5. The summed E-state index contributed by atoms with van der Waals surface area (Å²) in [5, 5.41) is 0. The number of hydrogen-bond donors (Lipinski definition) is 0. The Morgan fingerprint density at radius 1 is 1.41 bits per heavy atom. The van der Waals surface area contributed by atoms with Gasteiger partial charge in [-0.25, -0.2) is 0 Å². The molecule has 2 rings (SSSR count). The Morgan fingerprint density at radius 3 is 2.94 bits per heavy atom. The van der Waals surface area contributed by atoms with Crippen molar-refractivity contribution < 1.29 is 9.53 Å². The SMILES string of the molecule is O=C(CN1CCCOCC1)c1cc(Cl)sc1Cl. The third-order valence-electron chi connectivity index (χ3n) is 2.64.